The molecule has 1 aliphatic rings. The van der Waals surface area contributed by atoms with Crippen molar-refractivity contribution in [1.29, 1.82) is 0 Å². The minimum atomic E-state index is 0.654. The molecule has 0 radical (unpaired) electrons. The molecule has 2 rings (SSSR count). The van der Waals surface area contributed by atoms with Crippen LogP contribution in [0.15, 0.2) is 12.3 Å². The normalized spacial score (nSPS) is 17.1. The van der Waals surface area contributed by atoms with Crippen LogP contribution in [0.5, 0.6) is 0 Å². The quantitative estimate of drug-likeness (QED) is 0.864. The van der Waals surface area contributed by atoms with Crippen molar-refractivity contribution in [2.75, 3.05) is 19.0 Å². The molecule has 0 saturated heterocycles. The molecule has 1 fully saturated rings. The predicted octanol–water partition coefficient (Wildman–Crippen LogP) is 1.96. The number of nitrogens with zero attached hydrogens (tertiary/aromatic N) is 3. The van der Waals surface area contributed by atoms with Crippen molar-refractivity contribution < 1.29 is 0 Å². The van der Waals surface area contributed by atoms with Gasteiger partial charge in [0.25, 0.3) is 0 Å². The van der Waals surface area contributed by atoms with Crippen molar-refractivity contribution in [2.24, 2.45) is 0 Å². The molecule has 0 aliphatic heterocycles. The standard InChI is InChI=1S/C13H22N4/c1-14-10-12-15-9-8-13(16-12)17(2)11-6-4-3-5-7-11/h8-9,11,14H,3-7,10H2,1-2H3. The van der Waals surface area contributed by atoms with Crippen LogP contribution in [0.3, 0.4) is 0 Å². The number of aromatic nitrogens is 2. The molecule has 1 heterocycles. The zero-order valence-electron chi connectivity index (χ0n) is 10.8. The van der Waals surface area contributed by atoms with Crippen molar-refractivity contribution in [3.63, 3.8) is 0 Å². The Kier molecular flexibility index (Phi) is 4.31. The first-order valence-corrected chi connectivity index (χ1v) is 6.50. The molecule has 94 valence electrons. The van der Waals surface area contributed by atoms with E-state index in [9.17, 15) is 0 Å². The number of hydrogen-bond acceptors (Lipinski definition) is 4. The maximum Gasteiger partial charge on any atom is 0.144 e. The predicted molar refractivity (Wildman–Crippen MR) is 70.1 cm³/mol. The second-order valence-corrected chi connectivity index (χ2v) is 4.76. The second-order valence-electron chi connectivity index (χ2n) is 4.76. The number of hydrogen-bond donors (Lipinski definition) is 1. The van der Waals surface area contributed by atoms with E-state index >= 15 is 0 Å². The van der Waals surface area contributed by atoms with Gasteiger partial charge in [-0.2, -0.15) is 0 Å². The van der Waals surface area contributed by atoms with E-state index in [0.717, 1.165) is 18.2 Å². The largest absolute Gasteiger partial charge is 0.357 e. The average Bonchev–Trinajstić information content (AvgIpc) is 2.40. The van der Waals surface area contributed by atoms with Gasteiger partial charge < -0.3 is 10.2 Å². The van der Waals surface area contributed by atoms with Crippen molar-refractivity contribution >= 4 is 5.82 Å². The topological polar surface area (TPSA) is 41.1 Å². The molecule has 1 N–H and O–H groups in total. The summed E-state index contributed by atoms with van der Waals surface area (Å²) in [6.07, 6.45) is 8.53. The van der Waals surface area contributed by atoms with E-state index in [4.69, 9.17) is 0 Å². The van der Waals surface area contributed by atoms with E-state index in [2.05, 4.69) is 27.2 Å². The van der Waals surface area contributed by atoms with Gasteiger partial charge in [0.15, 0.2) is 0 Å². The minimum Gasteiger partial charge on any atom is -0.357 e. The molecule has 0 bridgehead atoms. The lowest BCUT2D eigenvalue weighted by Crippen LogP contribution is -2.34. The molecule has 0 amide bonds. The summed E-state index contributed by atoms with van der Waals surface area (Å²) in [7, 11) is 4.07. The Morgan fingerprint density at radius 2 is 2.12 bits per heavy atom. The third kappa shape index (κ3) is 3.16. The smallest absolute Gasteiger partial charge is 0.144 e. The van der Waals surface area contributed by atoms with Gasteiger partial charge in [0.2, 0.25) is 0 Å². The van der Waals surface area contributed by atoms with Gasteiger partial charge in [-0.3, -0.25) is 0 Å². The van der Waals surface area contributed by atoms with E-state index in [1.54, 1.807) is 0 Å². The van der Waals surface area contributed by atoms with Gasteiger partial charge in [0.1, 0.15) is 11.6 Å². The Morgan fingerprint density at radius 3 is 2.82 bits per heavy atom. The number of nitrogens with one attached hydrogen (secondary N) is 1. The zero-order chi connectivity index (χ0) is 12.1. The highest BCUT2D eigenvalue weighted by atomic mass is 15.2. The monoisotopic (exact) mass is 234 g/mol. The third-order valence-corrected chi connectivity index (χ3v) is 3.51. The molecule has 1 aromatic heterocycles. The Balaban J connectivity index is 2.06. The first-order valence-electron chi connectivity index (χ1n) is 6.50. The van der Waals surface area contributed by atoms with Crippen LogP contribution in [0.4, 0.5) is 5.82 Å². The van der Waals surface area contributed by atoms with Crippen LogP contribution in [0.2, 0.25) is 0 Å². The van der Waals surface area contributed by atoms with Crippen LogP contribution < -0.4 is 10.2 Å². The fourth-order valence-electron chi connectivity index (χ4n) is 2.48. The van der Waals surface area contributed by atoms with E-state index in [1.807, 2.05) is 19.3 Å². The van der Waals surface area contributed by atoms with Crippen molar-refractivity contribution in [1.82, 2.24) is 15.3 Å². The van der Waals surface area contributed by atoms with Crippen LogP contribution in [0.25, 0.3) is 0 Å². The lowest BCUT2D eigenvalue weighted by atomic mass is 9.94. The molecule has 0 aromatic carbocycles. The molecule has 4 nitrogen and oxygen atoms in total. The highest BCUT2D eigenvalue weighted by molar-refractivity contribution is 5.37. The Hall–Kier alpha value is -1.16. The maximum absolute atomic E-state index is 4.59. The number of rotatable bonds is 4. The highest BCUT2D eigenvalue weighted by Gasteiger charge is 2.19. The molecule has 1 aromatic rings. The van der Waals surface area contributed by atoms with Crippen LogP contribution in [-0.2, 0) is 6.54 Å². The van der Waals surface area contributed by atoms with E-state index in [-0.39, 0.29) is 0 Å². The van der Waals surface area contributed by atoms with Crippen LogP contribution in [0, 0.1) is 0 Å². The van der Waals surface area contributed by atoms with E-state index in [0.29, 0.717) is 6.04 Å². The lowest BCUT2D eigenvalue weighted by Gasteiger charge is -2.32. The van der Waals surface area contributed by atoms with Crippen LogP contribution in [0.1, 0.15) is 37.9 Å². The summed E-state index contributed by atoms with van der Waals surface area (Å²) in [5.41, 5.74) is 0. The average molecular weight is 234 g/mol. The fourth-order valence-corrected chi connectivity index (χ4v) is 2.48. The first-order chi connectivity index (χ1) is 8.31. The molecular formula is C13H22N4. The molecule has 0 spiro atoms. The summed E-state index contributed by atoms with van der Waals surface area (Å²) in [6, 6.07) is 2.66. The molecule has 4 heteroatoms. The zero-order valence-corrected chi connectivity index (χ0v) is 10.8. The van der Waals surface area contributed by atoms with E-state index < -0.39 is 0 Å². The Labute approximate surface area is 103 Å². The summed E-state index contributed by atoms with van der Waals surface area (Å²) >= 11 is 0. The third-order valence-electron chi connectivity index (χ3n) is 3.51. The summed E-state index contributed by atoms with van der Waals surface area (Å²) < 4.78 is 0. The van der Waals surface area contributed by atoms with Crippen molar-refractivity contribution in [3.8, 4) is 0 Å². The van der Waals surface area contributed by atoms with Gasteiger partial charge in [-0.05, 0) is 26.0 Å². The van der Waals surface area contributed by atoms with Crippen LogP contribution >= 0.6 is 0 Å². The molecule has 1 aliphatic carbocycles. The molecule has 1 saturated carbocycles. The molecular weight excluding hydrogens is 212 g/mol. The molecule has 17 heavy (non-hydrogen) atoms. The summed E-state index contributed by atoms with van der Waals surface area (Å²) in [4.78, 5) is 11.2. The summed E-state index contributed by atoms with van der Waals surface area (Å²) in [5.74, 6) is 1.92. The van der Waals surface area contributed by atoms with Crippen LogP contribution in [-0.4, -0.2) is 30.1 Å². The summed E-state index contributed by atoms with van der Waals surface area (Å²) in [6.45, 7) is 0.729. The minimum absolute atomic E-state index is 0.654. The number of anilines is 1. The fraction of sp³-hybridized carbons (Fsp3) is 0.692. The van der Waals surface area contributed by atoms with Gasteiger partial charge in [-0.1, -0.05) is 19.3 Å². The second kappa shape index (κ2) is 5.96. The van der Waals surface area contributed by atoms with Gasteiger partial charge >= 0.3 is 0 Å². The first kappa shape index (κ1) is 12.3. The Bertz CT molecular complexity index is 347. The maximum atomic E-state index is 4.59. The molecule has 0 unspecified atom stereocenters. The van der Waals surface area contributed by atoms with Gasteiger partial charge in [0, 0.05) is 19.3 Å². The van der Waals surface area contributed by atoms with Crippen molar-refractivity contribution in [3.05, 3.63) is 18.1 Å². The summed E-state index contributed by atoms with van der Waals surface area (Å²) in [5, 5.41) is 3.09. The SMILES string of the molecule is CNCc1nccc(N(C)C2CCCCC2)n1. The van der Waals surface area contributed by atoms with Gasteiger partial charge in [-0.15, -0.1) is 0 Å². The lowest BCUT2D eigenvalue weighted by molar-refractivity contribution is 0.425. The van der Waals surface area contributed by atoms with Gasteiger partial charge in [0.05, 0.1) is 6.54 Å². The Morgan fingerprint density at radius 1 is 1.35 bits per heavy atom. The van der Waals surface area contributed by atoms with Crippen molar-refractivity contribution in [2.45, 2.75) is 44.7 Å². The highest BCUT2D eigenvalue weighted by Crippen LogP contribution is 2.24. The van der Waals surface area contributed by atoms with E-state index in [1.165, 1.54) is 32.1 Å². The molecule has 0 atom stereocenters. The van der Waals surface area contributed by atoms with Gasteiger partial charge in [-0.25, -0.2) is 9.97 Å².